The molecular weight excluding hydrogens is 332 g/mol. The van der Waals surface area contributed by atoms with E-state index < -0.39 is 0 Å². The third-order valence-corrected chi connectivity index (χ3v) is 5.60. The summed E-state index contributed by atoms with van der Waals surface area (Å²) in [7, 11) is 0. The minimum Gasteiger partial charge on any atom is -0.490 e. The number of ether oxygens (including phenoxy) is 3. The molecule has 2 amide bonds. The molecule has 1 aromatic carbocycles. The molecule has 1 aromatic rings. The Morgan fingerprint density at radius 3 is 2.35 bits per heavy atom. The molecular formula is C20H28N2O4. The van der Waals surface area contributed by atoms with Gasteiger partial charge in [0.25, 0.3) is 0 Å². The Morgan fingerprint density at radius 1 is 0.885 bits per heavy atom. The van der Waals surface area contributed by atoms with Gasteiger partial charge in [0.2, 0.25) is 6.79 Å². The van der Waals surface area contributed by atoms with Gasteiger partial charge in [-0.3, -0.25) is 0 Å². The largest absolute Gasteiger partial charge is 0.490 e. The van der Waals surface area contributed by atoms with Crippen LogP contribution in [0.25, 0.3) is 0 Å². The molecule has 142 valence electrons. The lowest BCUT2D eigenvalue weighted by atomic mass is 9.93. The second-order valence-corrected chi connectivity index (χ2v) is 7.56. The van der Waals surface area contributed by atoms with Crippen molar-refractivity contribution in [1.29, 1.82) is 0 Å². The molecule has 1 heterocycles. The van der Waals surface area contributed by atoms with E-state index in [0.29, 0.717) is 6.04 Å². The van der Waals surface area contributed by atoms with Crippen molar-refractivity contribution < 1.29 is 19.0 Å². The summed E-state index contributed by atoms with van der Waals surface area (Å²) >= 11 is 0. The maximum absolute atomic E-state index is 12.2. The summed E-state index contributed by atoms with van der Waals surface area (Å²) in [5.41, 5.74) is 0. The van der Waals surface area contributed by atoms with Crippen molar-refractivity contribution >= 4 is 6.03 Å². The first-order chi connectivity index (χ1) is 12.8. The first-order valence-electron chi connectivity index (χ1n) is 9.89. The van der Waals surface area contributed by atoms with Crippen molar-refractivity contribution in [3.8, 4) is 17.2 Å². The molecule has 1 aliphatic heterocycles. The highest BCUT2D eigenvalue weighted by atomic mass is 16.7. The Morgan fingerprint density at radius 2 is 1.58 bits per heavy atom. The lowest BCUT2D eigenvalue weighted by Crippen LogP contribution is -2.48. The fraction of sp³-hybridized carbons (Fsp3) is 0.650. The maximum atomic E-state index is 12.2. The van der Waals surface area contributed by atoms with E-state index in [0.717, 1.165) is 55.8 Å². The van der Waals surface area contributed by atoms with Crippen LogP contribution >= 0.6 is 0 Å². The Labute approximate surface area is 154 Å². The van der Waals surface area contributed by atoms with Crippen molar-refractivity contribution in [3.63, 3.8) is 0 Å². The molecule has 0 atom stereocenters. The second kappa shape index (κ2) is 8.06. The summed E-state index contributed by atoms with van der Waals surface area (Å²) < 4.78 is 16.8. The summed E-state index contributed by atoms with van der Waals surface area (Å²) in [5.74, 6) is 2.34. The molecule has 2 saturated carbocycles. The maximum Gasteiger partial charge on any atom is 0.315 e. The Kier molecular flexibility index (Phi) is 5.37. The number of nitrogens with one attached hydrogen (secondary N) is 2. The molecule has 0 saturated heterocycles. The van der Waals surface area contributed by atoms with Crippen LogP contribution in [0, 0.1) is 0 Å². The van der Waals surface area contributed by atoms with Crippen LogP contribution in [0.2, 0.25) is 0 Å². The number of fused-ring (bicyclic) bond motifs is 1. The number of benzene rings is 1. The number of amides is 2. The van der Waals surface area contributed by atoms with E-state index in [-0.39, 0.29) is 25.0 Å². The number of carbonyl (C=O) groups excluding carboxylic acids is 1. The lowest BCUT2D eigenvalue weighted by Gasteiger charge is -2.30. The first-order valence-corrected chi connectivity index (χ1v) is 9.89. The Hall–Kier alpha value is -2.11. The first kappa shape index (κ1) is 17.3. The predicted molar refractivity (Wildman–Crippen MR) is 97.8 cm³/mol. The average Bonchev–Trinajstić information content (AvgIpc) is 3.12. The van der Waals surface area contributed by atoms with E-state index in [1.807, 2.05) is 18.2 Å². The van der Waals surface area contributed by atoms with E-state index in [1.54, 1.807) is 0 Å². The quantitative estimate of drug-likeness (QED) is 0.858. The van der Waals surface area contributed by atoms with E-state index in [2.05, 4.69) is 10.6 Å². The van der Waals surface area contributed by atoms with Gasteiger partial charge < -0.3 is 24.8 Å². The fourth-order valence-corrected chi connectivity index (χ4v) is 4.13. The molecule has 0 spiro atoms. The molecule has 4 rings (SSSR count). The Balaban J connectivity index is 1.19. The molecule has 2 fully saturated rings. The van der Waals surface area contributed by atoms with Gasteiger partial charge in [0.05, 0.1) is 6.10 Å². The number of carbonyl (C=O) groups is 1. The van der Waals surface area contributed by atoms with Gasteiger partial charge in [0, 0.05) is 18.2 Å². The number of hydrogen-bond donors (Lipinski definition) is 2. The smallest absolute Gasteiger partial charge is 0.315 e. The minimum atomic E-state index is -0.00274. The average molecular weight is 360 g/mol. The normalized spacial score (nSPS) is 25.5. The highest BCUT2D eigenvalue weighted by Crippen LogP contribution is 2.36. The van der Waals surface area contributed by atoms with Crippen LogP contribution in [-0.4, -0.2) is 31.0 Å². The third kappa shape index (κ3) is 4.34. The zero-order valence-electron chi connectivity index (χ0n) is 15.2. The molecule has 3 aliphatic rings. The van der Waals surface area contributed by atoms with Gasteiger partial charge in [0.15, 0.2) is 11.5 Å². The molecule has 0 aromatic heterocycles. The van der Waals surface area contributed by atoms with Crippen LogP contribution in [0.3, 0.4) is 0 Å². The molecule has 0 unspecified atom stereocenters. The topological polar surface area (TPSA) is 68.8 Å². The lowest BCUT2D eigenvalue weighted by molar-refractivity contribution is 0.139. The SMILES string of the molecule is O=C(NC1CCCCC1)NC1CCC(Oc2ccc3c(c2)OCO3)CC1. The number of hydrogen-bond acceptors (Lipinski definition) is 4. The molecule has 0 bridgehead atoms. The number of rotatable bonds is 4. The van der Waals surface area contributed by atoms with E-state index in [4.69, 9.17) is 14.2 Å². The minimum absolute atomic E-state index is 0.00274. The Bertz CT molecular complexity index is 622. The fourth-order valence-electron chi connectivity index (χ4n) is 4.13. The van der Waals surface area contributed by atoms with Crippen LogP contribution in [-0.2, 0) is 0 Å². The van der Waals surface area contributed by atoms with Crippen molar-refractivity contribution in [3.05, 3.63) is 18.2 Å². The molecule has 6 heteroatoms. The van der Waals surface area contributed by atoms with Crippen LogP contribution in [0.5, 0.6) is 17.2 Å². The molecule has 2 N–H and O–H groups in total. The van der Waals surface area contributed by atoms with Gasteiger partial charge in [-0.15, -0.1) is 0 Å². The van der Waals surface area contributed by atoms with Gasteiger partial charge in [-0.1, -0.05) is 19.3 Å². The van der Waals surface area contributed by atoms with Crippen LogP contribution < -0.4 is 24.8 Å². The zero-order valence-corrected chi connectivity index (χ0v) is 15.2. The summed E-state index contributed by atoms with van der Waals surface area (Å²) in [5, 5.41) is 6.28. The van der Waals surface area contributed by atoms with Crippen molar-refractivity contribution in [2.24, 2.45) is 0 Å². The highest BCUT2D eigenvalue weighted by molar-refractivity contribution is 5.74. The molecule has 2 aliphatic carbocycles. The van der Waals surface area contributed by atoms with Gasteiger partial charge in [-0.25, -0.2) is 4.79 Å². The van der Waals surface area contributed by atoms with Crippen LogP contribution in [0.1, 0.15) is 57.8 Å². The van der Waals surface area contributed by atoms with E-state index in [9.17, 15) is 4.79 Å². The monoisotopic (exact) mass is 360 g/mol. The number of urea groups is 1. The van der Waals surface area contributed by atoms with Crippen molar-refractivity contribution in [2.75, 3.05) is 6.79 Å². The van der Waals surface area contributed by atoms with Crippen molar-refractivity contribution in [1.82, 2.24) is 10.6 Å². The van der Waals surface area contributed by atoms with E-state index in [1.165, 1.54) is 19.3 Å². The van der Waals surface area contributed by atoms with Gasteiger partial charge in [-0.05, 0) is 50.7 Å². The second-order valence-electron chi connectivity index (χ2n) is 7.56. The highest BCUT2D eigenvalue weighted by Gasteiger charge is 2.25. The summed E-state index contributed by atoms with van der Waals surface area (Å²) in [6, 6.07) is 6.31. The van der Waals surface area contributed by atoms with Crippen LogP contribution in [0.15, 0.2) is 18.2 Å². The standard InChI is InChI=1S/C20H28N2O4/c23-20(21-14-4-2-1-3-5-14)22-15-6-8-16(9-7-15)26-17-10-11-18-19(12-17)25-13-24-18/h10-12,14-16H,1-9,13H2,(H2,21,22,23). The summed E-state index contributed by atoms with van der Waals surface area (Å²) in [6.07, 6.45) is 9.97. The predicted octanol–water partition coefficient (Wildman–Crippen LogP) is 3.74. The molecule has 0 radical (unpaired) electrons. The van der Waals surface area contributed by atoms with E-state index >= 15 is 0 Å². The van der Waals surface area contributed by atoms with Gasteiger partial charge in [0.1, 0.15) is 5.75 Å². The van der Waals surface area contributed by atoms with Gasteiger partial charge in [-0.2, -0.15) is 0 Å². The molecule has 6 nitrogen and oxygen atoms in total. The van der Waals surface area contributed by atoms with Crippen LogP contribution in [0.4, 0.5) is 4.79 Å². The zero-order chi connectivity index (χ0) is 17.8. The third-order valence-electron chi connectivity index (χ3n) is 5.60. The summed E-state index contributed by atoms with van der Waals surface area (Å²) in [4.78, 5) is 12.2. The molecule has 26 heavy (non-hydrogen) atoms. The van der Waals surface area contributed by atoms with Crippen molar-refractivity contribution in [2.45, 2.75) is 76.0 Å². The summed E-state index contributed by atoms with van der Waals surface area (Å²) in [6.45, 7) is 0.276. The van der Waals surface area contributed by atoms with Gasteiger partial charge >= 0.3 is 6.03 Å².